The molecule has 130 valence electrons. The van der Waals surface area contributed by atoms with Gasteiger partial charge in [-0.2, -0.15) is 0 Å². The van der Waals surface area contributed by atoms with Crippen LogP contribution < -0.4 is 0 Å². The smallest absolute Gasteiger partial charge is 0.172 e. The highest BCUT2D eigenvalue weighted by Crippen LogP contribution is 2.28. The molecule has 1 aromatic carbocycles. The van der Waals surface area contributed by atoms with Gasteiger partial charge >= 0.3 is 0 Å². The van der Waals surface area contributed by atoms with Crippen molar-refractivity contribution >= 4 is 22.7 Å². The van der Waals surface area contributed by atoms with Crippen LogP contribution in [0.1, 0.15) is 59.7 Å². The molecule has 2 aromatic rings. The third kappa shape index (κ3) is 4.86. The fraction of sp³-hybridized carbons (Fsp3) is 0.273. The van der Waals surface area contributed by atoms with Crippen molar-refractivity contribution in [2.75, 3.05) is 0 Å². The lowest BCUT2D eigenvalue weighted by Crippen LogP contribution is -2.09. The average molecular weight is 352 g/mol. The van der Waals surface area contributed by atoms with E-state index in [1.54, 1.807) is 11.3 Å². The molecule has 0 saturated carbocycles. The van der Waals surface area contributed by atoms with Crippen molar-refractivity contribution in [2.45, 2.75) is 40.0 Å². The minimum Gasteiger partial charge on any atom is -0.293 e. The maximum absolute atomic E-state index is 12.6. The second-order valence-electron chi connectivity index (χ2n) is 5.71. The predicted molar refractivity (Wildman–Crippen MR) is 108 cm³/mol. The van der Waals surface area contributed by atoms with Gasteiger partial charge in [0.25, 0.3) is 0 Å². The van der Waals surface area contributed by atoms with Gasteiger partial charge in [-0.05, 0) is 25.8 Å². The van der Waals surface area contributed by atoms with E-state index in [0.29, 0.717) is 0 Å². The summed E-state index contributed by atoms with van der Waals surface area (Å²) in [4.78, 5) is 17.3. The summed E-state index contributed by atoms with van der Waals surface area (Å²) in [6.07, 6.45) is 11.3. The Morgan fingerprint density at radius 2 is 1.88 bits per heavy atom. The van der Waals surface area contributed by atoms with Crippen LogP contribution >= 0.6 is 11.3 Å². The second kappa shape index (κ2) is 9.28. The summed E-state index contributed by atoms with van der Waals surface area (Å²) in [5.41, 5.74) is 3.98. The number of thiazole rings is 1. The molecule has 2 nitrogen and oxygen atoms in total. The second-order valence-corrected chi connectivity index (χ2v) is 6.60. The third-order valence-corrected chi connectivity index (χ3v) is 4.94. The van der Waals surface area contributed by atoms with Crippen LogP contribution in [0.3, 0.4) is 0 Å². The number of benzene rings is 1. The Bertz CT molecular complexity index is 794. The highest BCUT2D eigenvalue weighted by molar-refractivity contribution is 7.10. The van der Waals surface area contributed by atoms with Crippen molar-refractivity contribution in [1.82, 2.24) is 4.98 Å². The molecule has 0 saturated heterocycles. The highest BCUT2D eigenvalue weighted by atomic mass is 32.1. The number of rotatable bonds is 4. The number of aryl methyl sites for hydroxylation is 1. The number of Topliss-reactive ketones (excluding diaryl/α,β-unsaturated/α-hetero) is 1. The first-order valence-electron chi connectivity index (χ1n) is 8.75. The number of hydrogen-bond acceptors (Lipinski definition) is 3. The van der Waals surface area contributed by atoms with Gasteiger partial charge in [0, 0.05) is 10.9 Å². The quantitative estimate of drug-likeness (QED) is 0.600. The molecule has 0 bridgehead atoms. The first kappa shape index (κ1) is 19.1. The summed E-state index contributed by atoms with van der Waals surface area (Å²) in [6, 6.07) is 7.73. The summed E-state index contributed by atoms with van der Waals surface area (Å²) in [5, 5.41) is 2.91. The van der Waals surface area contributed by atoms with E-state index in [1.807, 2.05) is 69.5 Å². The number of ketones is 1. The number of hydrogen-bond donors (Lipinski definition) is 0. The maximum atomic E-state index is 12.6. The van der Waals surface area contributed by atoms with Crippen molar-refractivity contribution in [3.63, 3.8) is 0 Å². The zero-order valence-corrected chi connectivity index (χ0v) is 16.1. The van der Waals surface area contributed by atoms with E-state index in [1.165, 1.54) is 0 Å². The van der Waals surface area contributed by atoms with E-state index in [0.717, 1.165) is 33.8 Å². The molecule has 1 aliphatic rings. The maximum Gasteiger partial charge on any atom is 0.172 e. The Morgan fingerprint density at radius 3 is 2.60 bits per heavy atom. The molecule has 3 heteroatoms. The van der Waals surface area contributed by atoms with Crippen LogP contribution in [0.5, 0.6) is 0 Å². The molecule has 1 atom stereocenters. The first-order valence-corrected chi connectivity index (χ1v) is 9.63. The molecule has 25 heavy (non-hydrogen) atoms. The van der Waals surface area contributed by atoms with Crippen molar-refractivity contribution in [3.8, 4) is 0 Å². The summed E-state index contributed by atoms with van der Waals surface area (Å²) in [7, 11) is 0. The molecule has 1 unspecified atom stereocenters. The lowest BCUT2D eigenvalue weighted by Gasteiger charge is -2.07. The van der Waals surface area contributed by atoms with Crippen LogP contribution in [0.4, 0.5) is 0 Å². The van der Waals surface area contributed by atoms with Gasteiger partial charge in [-0.15, -0.1) is 11.3 Å². The van der Waals surface area contributed by atoms with Gasteiger partial charge in [0.2, 0.25) is 0 Å². The normalized spacial score (nSPS) is 14.2. The lowest BCUT2D eigenvalue weighted by molar-refractivity contribution is 0.0966. The molecule has 0 fully saturated rings. The minimum atomic E-state index is -0.218. The first-order chi connectivity index (χ1) is 12.1. The van der Waals surface area contributed by atoms with Crippen molar-refractivity contribution in [3.05, 3.63) is 81.9 Å². The van der Waals surface area contributed by atoms with Gasteiger partial charge in [-0.3, -0.25) is 4.79 Å². The van der Waals surface area contributed by atoms with E-state index in [-0.39, 0.29) is 11.7 Å². The Labute approximate surface area is 154 Å². The summed E-state index contributed by atoms with van der Waals surface area (Å²) in [6.45, 7) is 7.96. The standard InChI is InChI=1S/C20H19NOS.C2H6/c1-14-9-11-17(12-10-14)19(22)15(2)20-21-18(13-23-20)16-7-5-3-4-6-8-16;1-2/h3-5,7-13,15H,6H2,1-2H3;1-2H3. The van der Waals surface area contributed by atoms with Gasteiger partial charge < -0.3 is 0 Å². The molecule has 0 aliphatic heterocycles. The number of nitrogens with zero attached hydrogens (tertiary/aromatic N) is 1. The van der Waals surface area contributed by atoms with Gasteiger partial charge in [0.15, 0.2) is 5.78 Å². The Kier molecular flexibility index (Phi) is 7.08. The van der Waals surface area contributed by atoms with Gasteiger partial charge in [-0.25, -0.2) is 4.98 Å². The number of allylic oxidation sites excluding steroid dienone is 6. The topological polar surface area (TPSA) is 30.0 Å². The molecule has 1 aliphatic carbocycles. The summed E-state index contributed by atoms with van der Waals surface area (Å²) in [5.74, 6) is -0.0945. The molecule has 0 amide bonds. The number of carbonyl (C=O) groups excluding carboxylic acids is 1. The highest BCUT2D eigenvalue weighted by Gasteiger charge is 2.20. The fourth-order valence-electron chi connectivity index (χ4n) is 2.47. The number of carbonyl (C=O) groups is 1. The van der Waals surface area contributed by atoms with Gasteiger partial charge in [0.1, 0.15) is 5.01 Å². The van der Waals surface area contributed by atoms with Gasteiger partial charge in [-0.1, -0.05) is 74.1 Å². The van der Waals surface area contributed by atoms with E-state index >= 15 is 0 Å². The van der Waals surface area contributed by atoms with Crippen LogP contribution in [0.2, 0.25) is 0 Å². The third-order valence-electron chi connectivity index (χ3n) is 3.91. The summed E-state index contributed by atoms with van der Waals surface area (Å²) < 4.78 is 0. The van der Waals surface area contributed by atoms with Gasteiger partial charge in [0.05, 0.1) is 11.6 Å². The fourth-order valence-corrected chi connectivity index (χ4v) is 3.35. The zero-order valence-electron chi connectivity index (χ0n) is 15.3. The molecule has 0 spiro atoms. The van der Waals surface area contributed by atoms with Crippen LogP contribution in [0, 0.1) is 6.92 Å². The Morgan fingerprint density at radius 1 is 1.16 bits per heavy atom. The van der Waals surface area contributed by atoms with Crippen molar-refractivity contribution in [2.24, 2.45) is 0 Å². The van der Waals surface area contributed by atoms with E-state index in [4.69, 9.17) is 4.98 Å². The lowest BCUT2D eigenvalue weighted by atomic mass is 9.99. The SMILES string of the molecule is CC.Cc1ccc(C(=O)C(C)c2nc(C3=CCC=CC=C3)cs2)cc1. The van der Waals surface area contributed by atoms with Crippen molar-refractivity contribution in [1.29, 1.82) is 0 Å². The Hall–Kier alpha value is -2.26. The van der Waals surface area contributed by atoms with Crippen molar-refractivity contribution < 1.29 is 4.79 Å². The molecule has 1 heterocycles. The molecule has 0 N–H and O–H groups in total. The van der Waals surface area contributed by atoms with Crippen LogP contribution in [0.15, 0.2) is 60.0 Å². The van der Waals surface area contributed by atoms with E-state index in [2.05, 4.69) is 18.2 Å². The minimum absolute atomic E-state index is 0.123. The molecule has 3 rings (SSSR count). The predicted octanol–water partition coefficient (Wildman–Crippen LogP) is 6.36. The molecular formula is C22H25NOS. The number of aromatic nitrogens is 1. The monoisotopic (exact) mass is 351 g/mol. The zero-order chi connectivity index (χ0) is 18.2. The van der Waals surface area contributed by atoms with Crippen LogP contribution in [-0.2, 0) is 0 Å². The Balaban J connectivity index is 0.00000109. The van der Waals surface area contributed by atoms with E-state index in [9.17, 15) is 4.79 Å². The molecular weight excluding hydrogens is 326 g/mol. The van der Waals surface area contributed by atoms with E-state index < -0.39 is 0 Å². The average Bonchev–Trinajstić information content (AvgIpc) is 2.98. The largest absolute Gasteiger partial charge is 0.293 e. The van der Waals surface area contributed by atoms with Crippen LogP contribution in [0.25, 0.3) is 5.57 Å². The molecule has 0 radical (unpaired) electrons. The summed E-state index contributed by atoms with van der Waals surface area (Å²) >= 11 is 1.56. The molecule has 1 aromatic heterocycles. The van der Waals surface area contributed by atoms with Crippen LogP contribution in [-0.4, -0.2) is 10.8 Å².